The van der Waals surface area contributed by atoms with Crippen LogP contribution in [0.15, 0.2) is 29.6 Å². The van der Waals surface area contributed by atoms with E-state index in [4.69, 9.17) is 4.74 Å². The van der Waals surface area contributed by atoms with Crippen LogP contribution in [-0.2, 0) is 16.0 Å². The Morgan fingerprint density at radius 2 is 2.21 bits per heavy atom. The molecule has 0 spiro atoms. The van der Waals surface area contributed by atoms with Crippen LogP contribution in [0.25, 0.3) is 10.6 Å². The first kappa shape index (κ1) is 17.1. The van der Waals surface area contributed by atoms with E-state index in [9.17, 15) is 4.79 Å². The molecule has 0 unspecified atom stereocenters. The number of aryl methyl sites for hydroxylation is 1. The monoisotopic (exact) mass is 344 g/mol. The largest absolute Gasteiger partial charge is 0.378 e. The van der Waals surface area contributed by atoms with E-state index in [1.165, 1.54) is 5.56 Å². The second-order valence-corrected chi connectivity index (χ2v) is 7.14. The molecule has 1 aromatic heterocycles. The molecule has 2 aromatic rings. The van der Waals surface area contributed by atoms with Gasteiger partial charge in [0.2, 0.25) is 5.91 Å². The standard InChI is InChI=1S/C19H24N2O2S/c1-14-4-6-15(7-5-14)19-21-16(13-24-19)10-11-20-18(22)9-8-17-3-2-12-23-17/h4-7,13,17H,2-3,8-12H2,1H3,(H,20,22)/t17-/m1/s1. The molecule has 1 aliphatic heterocycles. The number of carbonyl (C=O) groups is 1. The van der Waals surface area contributed by atoms with Gasteiger partial charge in [0.05, 0.1) is 11.8 Å². The Balaban J connectivity index is 1.40. The summed E-state index contributed by atoms with van der Waals surface area (Å²) in [4.78, 5) is 16.5. The first-order chi connectivity index (χ1) is 11.7. The minimum absolute atomic E-state index is 0.111. The Morgan fingerprint density at radius 3 is 2.96 bits per heavy atom. The van der Waals surface area contributed by atoms with E-state index in [1.54, 1.807) is 11.3 Å². The van der Waals surface area contributed by atoms with Gasteiger partial charge in [-0.05, 0) is 26.2 Å². The summed E-state index contributed by atoms with van der Waals surface area (Å²) in [5, 5.41) is 6.10. The molecule has 128 valence electrons. The lowest BCUT2D eigenvalue weighted by Gasteiger charge is -2.08. The molecule has 0 bridgehead atoms. The molecule has 1 aliphatic rings. The average Bonchev–Trinajstić information content (AvgIpc) is 3.25. The van der Waals surface area contributed by atoms with Crippen molar-refractivity contribution in [3.63, 3.8) is 0 Å². The van der Waals surface area contributed by atoms with Crippen LogP contribution in [-0.4, -0.2) is 30.1 Å². The Kier molecular flexibility index (Phi) is 5.99. The predicted octanol–water partition coefficient (Wildman–Crippen LogP) is 3.74. The Morgan fingerprint density at radius 1 is 1.38 bits per heavy atom. The van der Waals surface area contributed by atoms with Gasteiger partial charge in [0.25, 0.3) is 0 Å². The molecule has 1 fully saturated rings. The van der Waals surface area contributed by atoms with Crippen LogP contribution in [0.4, 0.5) is 0 Å². The van der Waals surface area contributed by atoms with E-state index in [0.717, 1.165) is 48.6 Å². The number of nitrogens with zero attached hydrogens (tertiary/aromatic N) is 1. The number of carbonyl (C=O) groups excluding carboxylic acids is 1. The van der Waals surface area contributed by atoms with Gasteiger partial charge in [-0.15, -0.1) is 11.3 Å². The van der Waals surface area contributed by atoms with Gasteiger partial charge in [-0.2, -0.15) is 0 Å². The maximum atomic E-state index is 11.9. The van der Waals surface area contributed by atoms with Crippen LogP contribution in [0.1, 0.15) is 36.9 Å². The van der Waals surface area contributed by atoms with Crippen LogP contribution >= 0.6 is 11.3 Å². The molecule has 1 aromatic carbocycles. The number of hydrogen-bond donors (Lipinski definition) is 1. The fourth-order valence-electron chi connectivity index (χ4n) is 2.83. The molecule has 4 nitrogen and oxygen atoms in total. The van der Waals surface area contributed by atoms with Crippen LogP contribution in [0.5, 0.6) is 0 Å². The number of amides is 1. The minimum Gasteiger partial charge on any atom is -0.378 e. The molecular formula is C19H24N2O2S. The van der Waals surface area contributed by atoms with E-state index in [-0.39, 0.29) is 12.0 Å². The second-order valence-electron chi connectivity index (χ2n) is 6.28. The van der Waals surface area contributed by atoms with Gasteiger partial charge in [-0.3, -0.25) is 4.79 Å². The third kappa shape index (κ3) is 4.89. The molecule has 1 amide bonds. The van der Waals surface area contributed by atoms with E-state index < -0.39 is 0 Å². The summed E-state index contributed by atoms with van der Waals surface area (Å²) in [6.07, 6.45) is 4.66. The normalized spacial score (nSPS) is 17.1. The van der Waals surface area contributed by atoms with E-state index in [1.807, 2.05) is 0 Å². The molecule has 3 rings (SSSR count). The van der Waals surface area contributed by atoms with Crippen LogP contribution in [0, 0.1) is 6.92 Å². The van der Waals surface area contributed by atoms with Crippen molar-refractivity contribution in [2.45, 2.75) is 45.1 Å². The topological polar surface area (TPSA) is 51.2 Å². The number of rotatable bonds is 7. The van der Waals surface area contributed by atoms with Crippen molar-refractivity contribution in [1.82, 2.24) is 10.3 Å². The predicted molar refractivity (Wildman–Crippen MR) is 97.2 cm³/mol. The third-order valence-corrected chi connectivity index (χ3v) is 5.21. The van der Waals surface area contributed by atoms with Crippen molar-refractivity contribution in [1.29, 1.82) is 0 Å². The van der Waals surface area contributed by atoms with Gasteiger partial charge in [-0.25, -0.2) is 4.98 Å². The highest BCUT2D eigenvalue weighted by molar-refractivity contribution is 7.13. The molecule has 2 heterocycles. The fourth-order valence-corrected chi connectivity index (χ4v) is 3.69. The molecule has 0 saturated carbocycles. The highest BCUT2D eigenvalue weighted by Crippen LogP contribution is 2.24. The number of aromatic nitrogens is 1. The van der Waals surface area contributed by atoms with E-state index in [0.29, 0.717) is 13.0 Å². The number of ether oxygens (including phenoxy) is 1. The zero-order valence-electron chi connectivity index (χ0n) is 14.1. The lowest BCUT2D eigenvalue weighted by atomic mass is 10.1. The van der Waals surface area contributed by atoms with Gasteiger partial charge in [0, 0.05) is 36.9 Å². The van der Waals surface area contributed by atoms with Gasteiger partial charge in [-0.1, -0.05) is 29.8 Å². The summed E-state index contributed by atoms with van der Waals surface area (Å²) >= 11 is 1.65. The Labute approximate surface area is 147 Å². The summed E-state index contributed by atoms with van der Waals surface area (Å²) in [6.45, 7) is 3.57. The molecule has 1 N–H and O–H groups in total. The first-order valence-electron chi connectivity index (χ1n) is 8.60. The van der Waals surface area contributed by atoms with Crippen molar-refractivity contribution >= 4 is 17.2 Å². The minimum atomic E-state index is 0.111. The molecule has 1 atom stereocenters. The zero-order chi connectivity index (χ0) is 16.8. The summed E-state index contributed by atoms with van der Waals surface area (Å²) < 4.78 is 5.54. The Hall–Kier alpha value is -1.72. The van der Waals surface area contributed by atoms with Crippen molar-refractivity contribution in [2.75, 3.05) is 13.2 Å². The van der Waals surface area contributed by atoms with Crippen LogP contribution < -0.4 is 5.32 Å². The zero-order valence-corrected chi connectivity index (χ0v) is 14.9. The third-order valence-electron chi connectivity index (χ3n) is 4.27. The quantitative estimate of drug-likeness (QED) is 0.832. The SMILES string of the molecule is Cc1ccc(-c2nc(CCNC(=O)CC[C@H]3CCCO3)cs2)cc1. The van der Waals surface area contributed by atoms with Crippen molar-refractivity contribution in [2.24, 2.45) is 0 Å². The summed E-state index contributed by atoms with van der Waals surface area (Å²) in [7, 11) is 0. The summed E-state index contributed by atoms with van der Waals surface area (Å²) in [5.41, 5.74) is 3.44. The highest BCUT2D eigenvalue weighted by atomic mass is 32.1. The molecule has 0 aliphatic carbocycles. The average molecular weight is 344 g/mol. The van der Waals surface area contributed by atoms with Gasteiger partial charge >= 0.3 is 0 Å². The van der Waals surface area contributed by atoms with Gasteiger partial charge in [0.15, 0.2) is 0 Å². The number of thiazole rings is 1. The van der Waals surface area contributed by atoms with E-state index >= 15 is 0 Å². The summed E-state index contributed by atoms with van der Waals surface area (Å²) in [5.74, 6) is 0.111. The molecule has 5 heteroatoms. The molecular weight excluding hydrogens is 320 g/mol. The van der Waals surface area contributed by atoms with Gasteiger partial charge in [0.1, 0.15) is 5.01 Å². The lowest BCUT2D eigenvalue weighted by Crippen LogP contribution is -2.26. The molecule has 24 heavy (non-hydrogen) atoms. The van der Waals surface area contributed by atoms with Crippen molar-refractivity contribution in [3.05, 3.63) is 40.9 Å². The smallest absolute Gasteiger partial charge is 0.220 e. The highest BCUT2D eigenvalue weighted by Gasteiger charge is 2.16. The first-order valence-corrected chi connectivity index (χ1v) is 9.48. The fraction of sp³-hybridized carbons (Fsp3) is 0.474. The molecule has 0 radical (unpaired) electrons. The second kappa shape index (κ2) is 8.40. The summed E-state index contributed by atoms with van der Waals surface area (Å²) in [6, 6.07) is 8.41. The number of nitrogens with one attached hydrogen (secondary N) is 1. The lowest BCUT2D eigenvalue weighted by molar-refractivity contribution is -0.121. The van der Waals surface area contributed by atoms with Crippen LogP contribution in [0.2, 0.25) is 0 Å². The van der Waals surface area contributed by atoms with Crippen molar-refractivity contribution < 1.29 is 9.53 Å². The number of benzene rings is 1. The van der Waals surface area contributed by atoms with E-state index in [2.05, 4.69) is 46.9 Å². The molecule has 1 saturated heterocycles. The Bertz CT molecular complexity index is 660. The number of hydrogen-bond acceptors (Lipinski definition) is 4. The maximum Gasteiger partial charge on any atom is 0.220 e. The van der Waals surface area contributed by atoms with Gasteiger partial charge < -0.3 is 10.1 Å². The van der Waals surface area contributed by atoms with Crippen molar-refractivity contribution in [3.8, 4) is 10.6 Å². The maximum absolute atomic E-state index is 11.9. The van der Waals surface area contributed by atoms with Crippen LogP contribution in [0.3, 0.4) is 0 Å².